The van der Waals surface area contributed by atoms with Gasteiger partial charge in [-0.1, -0.05) is 12.2 Å². The van der Waals surface area contributed by atoms with Gasteiger partial charge in [-0.2, -0.15) is 0 Å². The number of aliphatic carboxylic acids is 2. The Morgan fingerprint density at radius 1 is 1.29 bits per heavy atom. The van der Waals surface area contributed by atoms with Gasteiger partial charge in [-0.3, -0.25) is 4.79 Å². The molecule has 1 atom stereocenters. The molecule has 1 unspecified atom stereocenters. The summed E-state index contributed by atoms with van der Waals surface area (Å²) >= 11 is 0. The van der Waals surface area contributed by atoms with E-state index in [-0.39, 0.29) is 0 Å². The Morgan fingerprint density at radius 2 is 2.00 bits per heavy atom. The Labute approximate surface area is 97.7 Å². The van der Waals surface area contributed by atoms with Crippen molar-refractivity contribution in [2.45, 2.75) is 18.9 Å². The molecule has 1 heterocycles. The molecule has 0 aromatic rings. The van der Waals surface area contributed by atoms with Crippen molar-refractivity contribution in [1.29, 1.82) is 0 Å². The summed E-state index contributed by atoms with van der Waals surface area (Å²) in [4.78, 5) is 34.2. The summed E-state index contributed by atoms with van der Waals surface area (Å²) in [5.74, 6) is -2.62. The number of nitrogens with zero attached hydrogens (tertiary/aromatic N) is 1. The lowest BCUT2D eigenvalue weighted by molar-refractivity contribution is -0.145. The normalized spacial score (nSPS) is 16.4. The molecule has 0 radical (unpaired) electrons. The van der Waals surface area contributed by atoms with Crippen LogP contribution >= 0.6 is 0 Å². The molecule has 94 valence electrons. The molecular weight excluding hydrogens is 228 g/mol. The number of rotatable bonds is 4. The first kappa shape index (κ1) is 13.0. The molecule has 0 aliphatic carbocycles. The second kappa shape index (κ2) is 5.88. The van der Waals surface area contributed by atoms with Gasteiger partial charge in [0.25, 0.3) is 0 Å². The Bertz CT molecular complexity index is 353. The van der Waals surface area contributed by atoms with Crippen molar-refractivity contribution in [3.8, 4) is 0 Å². The molecule has 2 amide bonds. The van der Waals surface area contributed by atoms with Crippen molar-refractivity contribution in [3.63, 3.8) is 0 Å². The summed E-state index contributed by atoms with van der Waals surface area (Å²) in [6.07, 6.45) is 3.81. The first-order valence-electron chi connectivity index (χ1n) is 5.15. The highest BCUT2D eigenvalue weighted by Crippen LogP contribution is 2.02. The molecule has 3 N–H and O–H groups in total. The predicted molar refractivity (Wildman–Crippen MR) is 57.5 cm³/mol. The third-order valence-corrected chi connectivity index (χ3v) is 2.32. The van der Waals surface area contributed by atoms with Gasteiger partial charge in [-0.05, 0) is 6.42 Å². The van der Waals surface area contributed by atoms with Gasteiger partial charge in [-0.15, -0.1) is 0 Å². The predicted octanol–water partition coefficient (Wildman–Crippen LogP) is -0.114. The first-order chi connectivity index (χ1) is 8.00. The lowest BCUT2D eigenvalue weighted by atomic mass is 10.2. The number of nitrogens with one attached hydrogen (secondary N) is 1. The van der Waals surface area contributed by atoms with Gasteiger partial charge in [0, 0.05) is 13.1 Å². The van der Waals surface area contributed by atoms with E-state index in [0.717, 1.165) is 0 Å². The van der Waals surface area contributed by atoms with Crippen molar-refractivity contribution in [2.24, 2.45) is 0 Å². The molecule has 0 fully saturated rings. The maximum absolute atomic E-state index is 11.6. The van der Waals surface area contributed by atoms with Crippen LogP contribution in [0.15, 0.2) is 12.2 Å². The quantitative estimate of drug-likeness (QED) is 0.596. The van der Waals surface area contributed by atoms with Crippen molar-refractivity contribution >= 4 is 18.0 Å². The molecule has 0 aromatic carbocycles. The number of hydrogen-bond acceptors (Lipinski definition) is 3. The van der Waals surface area contributed by atoms with E-state index < -0.39 is 30.4 Å². The molecule has 17 heavy (non-hydrogen) atoms. The zero-order valence-electron chi connectivity index (χ0n) is 9.13. The van der Waals surface area contributed by atoms with Gasteiger partial charge in [0.1, 0.15) is 6.04 Å². The van der Waals surface area contributed by atoms with Crippen molar-refractivity contribution in [2.75, 3.05) is 13.1 Å². The number of carbonyl (C=O) groups is 3. The van der Waals surface area contributed by atoms with Gasteiger partial charge in [-0.25, -0.2) is 9.59 Å². The van der Waals surface area contributed by atoms with Gasteiger partial charge in [0.2, 0.25) is 0 Å². The lowest BCUT2D eigenvalue weighted by Crippen LogP contribution is -2.49. The van der Waals surface area contributed by atoms with Crippen molar-refractivity contribution in [1.82, 2.24) is 10.2 Å². The van der Waals surface area contributed by atoms with E-state index in [9.17, 15) is 14.4 Å². The van der Waals surface area contributed by atoms with E-state index >= 15 is 0 Å². The molecule has 0 saturated carbocycles. The van der Waals surface area contributed by atoms with Crippen LogP contribution in [0.25, 0.3) is 0 Å². The molecule has 0 bridgehead atoms. The molecule has 0 aromatic heterocycles. The fourth-order valence-corrected chi connectivity index (χ4v) is 1.44. The second-order valence-corrected chi connectivity index (χ2v) is 3.64. The maximum atomic E-state index is 11.6. The first-order valence-corrected chi connectivity index (χ1v) is 5.15. The van der Waals surface area contributed by atoms with Gasteiger partial charge < -0.3 is 20.4 Å². The minimum atomic E-state index is -1.40. The number of carboxylic acids is 2. The highest BCUT2D eigenvalue weighted by Gasteiger charge is 2.25. The van der Waals surface area contributed by atoms with Gasteiger partial charge in [0.15, 0.2) is 0 Å². The summed E-state index contributed by atoms with van der Waals surface area (Å²) in [5.41, 5.74) is 0. The highest BCUT2D eigenvalue weighted by atomic mass is 16.4. The standard InChI is InChI=1S/C10H14N2O5/c13-8(14)6-7(9(15)16)11-10(17)12-4-2-1-3-5-12/h1-2,7H,3-6H2,(H,11,17)(H,13,14)(H,15,16). The van der Waals surface area contributed by atoms with Crippen molar-refractivity contribution in [3.05, 3.63) is 12.2 Å². The summed E-state index contributed by atoms with van der Waals surface area (Å²) < 4.78 is 0. The summed E-state index contributed by atoms with van der Waals surface area (Å²) in [6.45, 7) is 0.910. The Hall–Kier alpha value is -2.05. The largest absolute Gasteiger partial charge is 0.481 e. The number of hydrogen-bond donors (Lipinski definition) is 3. The Kier molecular flexibility index (Phi) is 4.50. The summed E-state index contributed by atoms with van der Waals surface area (Å²) in [7, 11) is 0. The third-order valence-electron chi connectivity index (χ3n) is 2.32. The molecule has 1 rings (SSSR count). The van der Waals surface area contributed by atoms with Crippen LogP contribution in [0, 0.1) is 0 Å². The van der Waals surface area contributed by atoms with E-state index in [1.807, 2.05) is 6.08 Å². The smallest absolute Gasteiger partial charge is 0.326 e. The maximum Gasteiger partial charge on any atom is 0.326 e. The van der Waals surface area contributed by atoms with Crippen LogP contribution in [0.5, 0.6) is 0 Å². The molecule has 1 aliphatic rings. The number of carboxylic acid groups (broad SMARTS) is 2. The van der Waals surface area contributed by atoms with E-state index in [4.69, 9.17) is 10.2 Å². The van der Waals surface area contributed by atoms with Crippen LogP contribution in [0.2, 0.25) is 0 Å². The monoisotopic (exact) mass is 242 g/mol. The van der Waals surface area contributed by atoms with Gasteiger partial charge >= 0.3 is 18.0 Å². The average Bonchev–Trinajstić information content (AvgIpc) is 2.28. The van der Waals surface area contributed by atoms with Crippen LogP contribution in [-0.2, 0) is 9.59 Å². The summed E-state index contributed by atoms with van der Waals surface area (Å²) in [5, 5.41) is 19.5. The zero-order valence-corrected chi connectivity index (χ0v) is 9.13. The zero-order chi connectivity index (χ0) is 12.8. The fourth-order valence-electron chi connectivity index (χ4n) is 1.44. The SMILES string of the molecule is O=C(O)CC(NC(=O)N1CC=CCC1)C(=O)O. The highest BCUT2D eigenvalue weighted by molar-refractivity contribution is 5.86. The van der Waals surface area contributed by atoms with Crippen LogP contribution in [-0.4, -0.2) is 52.2 Å². The number of amides is 2. The third kappa shape index (κ3) is 4.13. The minimum Gasteiger partial charge on any atom is -0.481 e. The average molecular weight is 242 g/mol. The minimum absolute atomic E-state index is 0.408. The Balaban J connectivity index is 2.54. The molecule has 7 nitrogen and oxygen atoms in total. The molecule has 0 spiro atoms. The van der Waals surface area contributed by atoms with E-state index in [1.165, 1.54) is 4.90 Å². The van der Waals surface area contributed by atoms with E-state index in [0.29, 0.717) is 19.5 Å². The molecule has 0 saturated heterocycles. The number of carbonyl (C=O) groups excluding carboxylic acids is 1. The lowest BCUT2D eigenvalue weighted by Gasteiger charge is -2.25. The van der Waals surface area contributed by atoms with E-state index in [1.54, 1.807) is 6.08 Å². The topological polar surface area (TPSA) is 107 Å². The fraction of sp³-hybridized carbons (Fsp3) is 0.500. The molecular formula is C10H14N2O5. The van der Waals surface area contributed by atoms with Crippen LogP contribution in [0.3, 0.4) is 0 Å². The van der Waals surface area contributed by atoms with Gasteiger partial charge in [0.05, 0.1) is 6.42 Å². The van der Waals surface area contributed by atoms with Crippen molar-refractivity contribution < 1.29 is 24.6 Å². The van der Waals surface area contributed by atoms with Crippen LogP contribution < -0.4 is 5.32 Å². The van der Waals surface area contributed by atoms with Crippen LogP contribution in [0.1, 0.15) is 12.8 Å². The second-order valence-electron chi connectivity index (χ2n) is 3.64. The van der Waals surface area contributed by atoms with Crippen LogP contribution in [0.4, 0.5) is 4.79 Å². The summed E-state index contributed by atoms with van der Waals surface area (Å²) in [6, 6.07) is -1.95. The molecule has 7 heteroatoms. The number of urea groups is 1. The molecule has 1 aliphatic heterocycles. The van der Waals surface area contributed by atoms with E-state index in [2.05, 4.69) is 5.32 Å². The Morgan fingerprint density at radius 3 is 2.47 bits per heavy atom.